The molecule has 2 atom stereocenters. The fourth-order valence-corrected chi connectivity index (χ4v) is 2.54. The fraction of sp³-hybridized carbons (Fsp3) is 0.900. The van der Waals surface area contributed by atoms with Gasteiger partial charge in [-0.15, -0.1) is 0 Å². The maximum absolute atomic E-state index is 5.90. The Morgan fingerprint density at radius 2 is 2.21 bits per heavy atom. The monoisotopic (exact) mass is 195 g/mol. The van der Waals surface area contributed by atoms with E-state index in [1.54, 1.807) is 0 Å². The molecule has 2 N–H and O–H groups in total. The van der Waals surface area contributed by atoms with Gasteiger partial charge in [0.15, 0.2) is 5.96 Å². The molecular weight excluding hydrogens is 178 g/mol. The number of rotatable bonds is 2. The molecule has 0 amide bonds. The van der Waals surface area contributed by atoms with E-state index in [0.29, 0.717) is 18.2 Å². The number of ether oxygens (including phenoxy) is 1. The van der Waals surface area contributed by atoms with Crippen LogP contribution in [0.3, 0.4) is 0 Å². The van der Waals surface area contributed by atoms with Gasteiger partial charge in [0.05, 0.1) is 18.7 Å². The molecule has 2 unspecified atom stereocenters. The second-order valence-corrected chi connectivity index (χ2v) is 4.46. The van der Waals surface area contributed by atoms with E-state index in [9.17, 15) is 0 Å². The molecule has 4 heteroatoms. The summed E-state index contributed by atoms with van der Waals surface area (Å²) in [5, 5.41) is 0. The lowest BCUT2D eigenvalue weighted by atomic mass is 10.1. The van der Waals surface area contributed by atoms with E-state index in [1.165, 1.54) is 25.7 Å². The van der Waals surface area contributed by atoms with Crippen LogP contribution in [0.5, 0.6) is 0 Å². The van der Waals surface area contributed by atoms with Gasteiger partial charge in [0.2, 0.25) is 0 Å². The highest BCUT2D eigenvalue weighted by Crippen LogP contribution is 2.33. The van der Waals surface area contributed by atoms with Crippen molar-refractivity contribution in [1.82, 2.24) is 4.90 Å². The van der Waals surface area contributed by atoms with Crippen LogP contribution in [-0.4, -0.2) is 42.2 Å². The number of aliphatic imine (C=N–C) groups is 1. The molecule has 2 fully saturated rings. The zero-order chi connectivity index (χ0) is 9.54. The molecule has 14 heavy (non-hydrogen) atoms. The van der Waals surface area contributed by atoms with Crippen LogP contribution in [0.2, 0.25) is 0 Å². The molecule has 1 saturated heterocycles. The number of hydrogen-bond acceptors (Lipinski definition) is 4. The molecule has 0 aromatic heterocycles. The molecule has 78 valence electrons. The quantitative estimate of drug-likeness (QED) is 0.690. The zero-order valence-corrected chi connectivity index (χ0v) is 8.35. The molecule has 0 spiro atoms. The van der Waals surface area contributed by atoms with Crippen molar-refractivity contribution in [1.29, 1.82) is 0 Å². The Labute approximate surface area is 84.1 Å². The maximum Gasteiger partial charge on any atom is 0.191 e. The summed E-state index contributed by atoms with van der Waals surface area (Å²) in [5.41, 5.74) is 5.90. The number of hydrogen-bond donors (Lipinski definition) is 1. The Kier molecular flexibility index (Phi) is 1.90. The molecule has 0 bridgehead atoms. The molecule has 0 aromatic carbocycles. The molecule has 1 saturated carbocycles. The van der Waals surface area contributed by atoms with Crippen molar-refractivity contribution in [3.05, 3.63) is 0 Å². The van der Waals surface area contributed by atoms with Crippen LogP contribution >= 0.6 is 0 Å². The molecule has 2 aliphatic heterocycles. The van der Waals surface area contributed by atoms with Crippen molar-refractivity contribution >= 4 is 5.96 Å². The van der Waals surface area contributed by atoms with E-state index in [2.05, 4.69) is 9.89 Å². The first-order chi connectivity index (χ1) is 6.86. The van der Waals surface area contributed by atoms with Gasteiger partial charge in [-0.05, 0) is 25.7 Å². The molecule has 0 aromatic rings. The first kappa shape index (κ1) is 8.53. The van der Waals surface area contributed by atoms with Gasteiger partial charge in [0.25, 0.3) is 0 Å². The van der Waals surface area contributed by atoms with Crippen LogP contribution in [0.1, 0.15) is 25.7 Å². The summed E-state index contributed by atoms with van der Waals surface area (Å²) in [4.78, 5) is 6.65. The zero-order valence-electron chi connectivity index (χ0n) is 8.35. The third kappa shape index (κ3) is 1.29. The Hall–Kier alpha value is -0.770. The molecule has 4 nitrogen and oxygen atoms in total. The van der Waals surface area contributed by atoms with Gasteiger partial charge < -0.3 is 15.4 Å². The van der Waals surface area contributed by atoms with E-state index in [0.717, 1.165) is 19.1 Å². The summed E-state index contributed by atoms with van der Waals surface area (Å²) in [6, 6.07) is 1.10. The Morgan fingerprint density at radius 1 is 1.36 bits per heavy atom. The molecule has 3 rings (SSSR count). The highest BCUT2D eigenvalue weighted by Gasteiger charge is 2.42. The minimum atomic E-state index is 0.375. The van der Waals surface area contributed by atoms with Crippen LogP contribution in [-0.2, 0) is 4.74 Å². The second kappa shape index (κ2) is 3.12. The first-order valence-electron chi connectivity index (χ1n) is 5.56. The summed E-state index contributed by atoms with van der Waals surface area (Å²) in [5.74, 6) is 0.744. The van der Waals surface area contributed by atoms with Crippen molar-refractivity contribution in [2.24, 2.45) is 10.7 Å². The molecule has 2 heterocycles. The summed E-state index contributed by atoms with van der Waals surface area (Å²) in [6.45, 7) is 1.76. The standard InChI is InChI=1S/C10H17N3O/c11-10-12-6-8(9-2-1-5-14-9)13(10)7-3-4-7/h7-9H,1-6H2,(H2,11,12). The van der Waals surface area contributed by atoms with Crippen LogP contribution in [0.25, 0.3) is 0 Å². The van der Waals surface area contributed by atoms with Gasteiger partial charge in [0, 0.05) is 12.6 Å². The Bertz CT molecular complexity index is 256. The minimum Gasteiger partial charge on any atom is -0.376 e. The van der Waals surface area contributed by atoms with E-state index in [-0.39, 0.29) is 0 Å². The topological polar surface area (TPSA) is 50.9 Å². The predicted molar refractivity (Wildman–Crippen MR) is 54.1 cm³/mol. The average Bonchev–Trinajstić information content (AvgIpc) is 2.75. The Morgan fingerprint density at radius 3 is 2.86 bits per heavy atom. The van der Waals surface area contributed by atoms with Crippen molar-refractivity contribution in [3.63, 3.8) is 0 Å². The molecular formula is C10H17N3O. The minimum absolute atomic E-state index is 0.375. The third-order valence-corrected chi connectivity index (χ3v) is 3.40. The molecule has 0 radical (unpaired) electrons. The van der Waals surface area contributed by atoms with Gasteiger partial charge in [-0.2, -0.15) is 0 Å². The van der Waals surface area contributed by atoms with Crippen LogP contribution < -0.4 is 5.73 Å². The summed E-state index contributed by atoms with van der Waals surface area (Å²) >= 11 is 0. The van der Waals surface area contributed by atoms with Crippen LogP contribution in [0, 0.1) is 0 Å². The smallest absolute Gasteiger partial charge is 0.191 e. The van der Waals surface area contributed by atoms with Crippen molar-refractivity contribution in [2.75, 3.05) is 13.2 Å². The number of nitrogens with two attached hydrogens (primary N) is 1. The maximum atomic E-state index is 5.90. The molecule has 1 aliphatic carbocycles. The lowest BCUT2D eigenvalue weighted by Gasteiger charge is -2.29. The van der Waals surface area contributed by atoms with Gasteiger partial charge in [-0.3, -0.25) is 4.99 Å². The Balaban J connectivity index is 1.73. The normalized spacial score (nSPS) is 37.7. The van der Waals surface area contributed by atoms with Crippen molar-refractivity contribution in [2.45, 2.75) is 43.9 Å². The highest BCUT2D eigenvalue weighted by molar-refractivity contribution is 5.81. The highest BCUT2D eigenvalue weighted by atomic mass is 16.5. The summed E-state index contributed by atoms with van der Waals surface area (Å²) in [7, 11) is 0. The fourth-order valence-electron chi connectivity index (χ4n) is 2.54. The first-order valence-corrected chi connectivity index (χ1v) is 5.56. The van der Waals surface area contributed by atoms with Gasteiger partial charge in [-0.1, -0.05) is 0 Å². The SMILES string of the molecule is NC1=NCC(C2CCCO2)N1C1CC1. The van der Waals surface area contributed by atoms with E-state index in [4.69, 9.17) is 10.5 Å². The van der Waals surface area contributed by atoms with Gasteiger partial charge >= 0.3 is 0 Å². The van der Waals surface area contributed by atoms with E-state index < -0.39 is 0 Å². The lowest BCUT2D eigenvalue weighted by molar-refractivity contribution is 0.0554. The van der Waals surface area contributed by atoms with E-state index in [1.807, 2.05) is 0 Å². The van der Waals surface area contributed by atoms with E-state index >= 15 is 0 Å². The summed E-state index contributed by atoms with van der Waals surface area (Å²) in [6.07, 6.45) is 5.30. The largest absolute Gasteiger partial charge is 0.376 e. The number of guanidine groups is 1. The molecule has 3 aliphatic rings. The summed E-state index contributed by atoms with van der Waals surface area (Å²) < 4.78 is 5.72. The third-order valence-electron chi connectivity index (χ3n) is 3.40. The van der Waals surface area contributed by atoms with Crippen molar-refractivity contribution in [3.8, 4) is 0 Å². The van der Waals surface area contributed by atoms with Crippen LogP contribution in [0.15, 0.2) is 4.99 Å². The van der Waals surface area contributed by atoms with Gasteiger partial charge in [0.1, 0.15) is 0 Å². The number of nitrogens with zero attached hydrogens (tertiary/aromatic N) is 2. The second-order valence-electron chi connectivity index (χ2n) is 4.46. The predicted octanol–water partition coefficient (Wildman–Crippen LogP) is 0.327. The van der Waals surface area contributed by atoms with Gasteiger partial charge in [-0.25, -0.2) is 0 Å². The van der Waals surface area contributed by atoms with Crippen molar-refractivity contribution < 1.29 is 4.74 Å². The lowest BCUT2D eigenvalue weighted by Crippen LogP contribution is -2.47. The van der Waals surface area contributed by atoms with Crippen LogP contribution in [0.4, 0.5) is 0 Å². The average molecular weight is 195 g/mol.